The topological polar surface area (TPSA) is 18.5 Å². The second kappa shape index (κ2) is 6.93. The third kappa shape index (κ3) is 3.43. The monoisotopic (exact) mass is 326 g/mol. The largest absolute Gasteiger partial charge is 0.497 e. The average molecular weight is 327 g/mol. The van der Waals surface area contributed by atoms with Gasteiger partial charge in [0.25, 0.3) is 0 Å². The molecule has 0 heterocycles. The Labute approximate surface area is 142 Å². The molecule has 0 fully saturated rings. The zero-order valence-electron chi connectivity index (χ0n) is 13.3. The van der Waals surface area contributed by atoms with Crippen LogP contribution in [0, 0.1) is 0 Å². The molecule has 3 heteroatoms. The van der Waals surface area contributed by atoms with E-state index in [9.17, 15) is 0 Å². The van der Waals surface area contributed by atoms with Gasteiger partial charge in [-0.1, -0.05) is 29.8 Å². The molecule has 0 amide bonds. The number of halogens is 1. The van der Waals surface area contributed by atoms with Crippen LogP contribution in [-0.2, 0) is 4.74 Å². The van der Waals surface area contributed by atoms with Crippen LogP contribution < -0.4 is 4.74 Å². The molecule has 2 aromatic carbocycles. The highest BCUT2D eigenvalue weighted by Crippen LogP contribution is 2.37. The average Bonchev–Trinajstić information content (AvgIpc) is 2.61. The molecule has 1 aliphatic carbocycles. The Balaban J connectivity index is 2.14. The molecule has 0 radical (unpaired) electrons. The van der Waals surface area contributed by atoms with Crippen LogP contribution in [0.2, 0.25) is 5.02 Å². The zero-order valence-corrected chi connectivity index (χ0v) is 14.1. The van der Waals surface area contributed by atoms with Crippen molar-refractivity contribution in [3.05, 3.63) is 71.0 Å². The highest BCUT2D eigenvalue weighted by atomic mass is 35.5. The van der Waals surface area contributed by atoms with Gasteiger partial charge in [0.15, 0.2) is 0 Å². The molecule has 0 N–H and O–H groups in total. The minimum absolute atomic E-state index is 0.728. The van der Waals surface area contributed by atoms with E-state index in [0.717, 1.165) is 40.5 Å². The maximum Gasteiger partial charge on any atom is 0.119 e. The quantitative estimate of drug-likeness (QED) is 0.715. The summed E-state index contributed by atoms with van der Waals surface area (Å²) >= 11 is 6.18. The van der Waals surface area contributed by atoms with Crippen molar-refractivity contribution in [1.29, 1.82) is 0 Å². The van der Waals surface area contributed by atoms with E-state index in [2.05, 4.69) is 30.4 Å². The first-order valence-electron chi connectivity index (χ1n) is 7.60. The minimum Gasteiger partial charge on any atom is -0.497 e. The van der Waals surface area contributed by atoms with E-state index in [1.165, 1.54) is 11.1 Å². The van der Waals surface area contributed by atoms with E-state index in [4.69, 9.17) is 21.1 Å². The molecule has 1 aliphatic rings. The SMILES string of the molecule is COC1=CCCC(c2ccc(OC)cc2-c2cccc(Cl)c2)=C1. The van der Waals surface area contributed by atoms with Crippen molar-refractivity contribution >= 4 is 17.2 Å². The predicted octanol–water partition coefficient (Wildman–Crippen LogP) is 5.72. The van der Waals surface area contributed by atoms with E-state index in [0.29, 0.717) is 0 Å². The fourth-order valence-corrected chi connectivity index (χ4v) is 3.04. The Kier molecular flexibility index (Phi) is 4.73. The summed E-state index contributed by atoms with van der Waals surface area (Å²) in [6, 6.07) is 14.1. The van der Waals surface area contributed by atoms with Gasteiger partial charge in [0.05, 0.1) is 14.2 Å². The number of methoxy groups -OCH3 is 2. The Morgan fingerprint density at radius 2 is 1.83 bits per heavy atom. The van der Waals surface area contributed by atoms with Crippen molar-refractivity contribution in [1.82, 2.24) is 0 Å². The molecule has 118 valence electrons. The van der Waals surface area contributed by atoms with Crippen LogP contribution in [-0.4, -0.2) is 14.2 Å². The van der Waals surface area contributed by atoms with Gasteiger partial charge in [-0.25, -0.2) is 0 Å². The number of ether oxygens (including phenoxy) is 2. The standard InChI is InChI=1S/C20H19ClO2/c1-22-17-8-4-6-15(12-17)19-10-9-18(23-2)13-20(19)14-5-3-7-16(21)11-14/h3,5,7-13H,4,6H2,1-2H3. The summed E-state index contributed by atoms with van der Waals surface area (Å²) < 4.78 is 10.8. The van der Waals surface area contributed by atoms with Gasteiger partial charge in [-0.05, 0) is 71.5 Å². The smallest absolute Gasteiger partial charge is 0.119 e. The molecular weight excluding hydrogens is 308 g/mol. The molecule has 0 unspecified atom stereocenters. The molecule has 2 nitrogen and oxygen atoms in total. The summed E-state index contributed by atoms with van der Waals surface area (Å²) in [6.07, 6.45) is 6.20. The summed E-state index contributed by atoms with van der Waals surface area (Å²) in [5.41, 5.74) is 4.66. The van der Waals surface area contributed by atoms with Crippen molar-refractivity contribution in [3.8, 4) is 16.9 Å². The normalized spacial score (nSPS) is 14.0. The molecule has 0 saturated heterocycles. The van der Waals surface area contributed by atoms with Crippen LogP contribution in [0.3, 0.4) is 0 Å². The Hall–Kier alpha value is -2.19. The summed E-state index contributed by atoms with van der Waals surface area (Å²) in [7, 11) is 3.39. The molecule has 3 rings (SSSR count). The Bertz CT molecular complexity index is 775. The van der Waals surface area contributed by atoms with Crippen molar-refractivity contribution in [3.63, 3.8) is 0 Å². The highest BCUT2D eigenvalue weighted by Gasteiger charge is 2.14. The van der Waals surface area contributed by atoms with E-state index in [1.807, 2.05) is 24.3 Å². The fourth-order valence-electron chi connectivity index (χ4n) is 2.85. The maximum atomic E-state index is 6.18. The van der Waals surface area contributed by atoms with Crippen molar-refractivity contribution in [2.24, 2.45) is 0 Å². The first-order chi connectivity index (χ1) is 11.2. The van der Waals surface area contributed by atoms with Crippen LogP contribution >= 0.6 is 11.6 Å². The van der Waals surface area contributed by atoms with Crippen LogP contribution in [0.25, 0.3) is 16.7 Å². The van der Waals surface area contributed by atoms with Crippen molar-refractivity contribution in [2.75, 3.05) is 14.2 Å². The fraction of sp³-hybridized carbons (Fsp3) is 0.200. The van der Waals surface area contributed by atoms with Crippen LogP contribution in [0.1, 0.15) is 18.4 Å². The maximum absolute atomic E-state index is 6.18. The number of hydrogen-bond donors (Lipinski definition) is 0. The van der Waals surface area contributed by atoms with Crippen LogP contribution in [0.15, 0.2) is 60.4 Å². The summed E-state index contributed by atoms with van der Waals surface area (Å²) in [6.45, 7) is 0. The molecule has 0 atom stereocenters. The molecule has 0 aliphatic heterocycles. The lowest BCUT2D eigenvalue weighted by molar-refractivity contribution is 0.304. The van der Waals surface area contributed by atoms with Gasteiger partial charge in [-0.2, -0.15) is 0 Å². The summed E-state index contributed by atoms with van der Waals surface area (Å²) in [5.74, 6) is 1.75. The van der Waals surface area contributed by atoms with Crippen LogP contribution in [0.4, 0.5) is 0 Å². The van der Waals surface area contributed by atoms with Crippen molar-refractivity contribution < 1.29 is 9.47 Å². The molecule has 23 heavy (non-hydrogen) atoms. The molecular formula is C20H19ClO2. The first kappa shape index (κ1) is 15.7. The highest BCUT2D eigenvalue weighted by molar-refractivity contribution is 6.30. The molecule has 0 aromatic heterocycles. The van der Waals surface area contributed by atoms with E-state index in [-0.39, 0.29) is 0 Å². The summed E-state index contributed by atoms with van der Waals surface area (Å²) in [5, 5.41) is 0.728. The van der Waals surface area contributed by atoms with Gasteiger partial charge in [-0.3, -0.25) is 0 Å². The van der Waals surface area contributed by atoms with Crippen LogP contribution in [0.5, 0.6) is 5.75 Å². The van der Waals surface area contributed by atoms with Gasteiger partial charge < -0.3 is 9.47 Å². The molecule has 0 saturated carbocycles. The third-order valence-electron chi connectivity index (χ3n) is 4.02. The lowest BCUT2D eigenvalue weighted by Gasteiger charge is -2.18. The third-order valence-corrected chi connectivity index (χ3v) is 4.25. The number of rotatable bonds is 4. The van der Waals surface area contributed by atoms with Crippen molar-refractivity contribution in [2.45, 2.75) is 12.8 Å². The predicted molar refractivity (Wildman–Crippen MR) is 95.7 cm³/mol. The van der Waals surface area contributed by atoms with Gasteiger partial charge in [-0.15, -0.1) is 0 Å². The van der Waals surface area contributed by atoms with Gasteiger partial charge in [0.1, 0.15) is 11.5 Å². The van der Waals surface area contributed by atoms with E-state index >= 15 is 0 Å². The zero-order chi connectivity index (χ0) is 16.2. The molecule has 2 aromatic rings. The Morgan fingerprint density at radius 1 is 0.957 bits per heavy atom. The first-order valence-corrected chi connectivity index (χ1v) is 7.98. The molecule has 0 bridgehead atoms. The van der Waals surface area contributed by atoms with E-state index < -0.39 is 0 Å². The number of hydrogen-bond acceptors (Lipinski definition) is 2. The van der Waals surface area contributed by atoms with Gasteiger partial charge in [0.2, 0.25) is 0 Å². The lowest BCUT2D eigenvalue weighted by Crippen LogP contribution is -1.97. The second-order valence-electron chi connectivity index (χ2n) is 5.44. The molecule has 0 spiro atoms. The Morgan fingerprint density at radius 3 is 2.57 bits per heavy atom. The summed E-state index contributed by atoms with van der Waals surface area (Å²) in [4.78, 5) is 0. The minimum atomic E-state index is 0.728. The van der Waals surface area contributed by atoms with E-state index in [1.54, 1.807) is 14.2 Å². The second-order valence-corrected chi connectivity index (χ2v) is 5.88. The van der Waals surface area contributed by atoms with Gasteiger partial charge >= 0.3 is 0 Å². The number of allylic oxidation sites excluding steroid dienone is 3. The van der Waals surface area contributed by atoms with Gasteiger partial charge in [0, 0.05) is 5.02 Å². The lowest BCUT2D eigenvalue weighted by atomic mass is 9.90. The number of benzene rings is 2.